The Hall–Kier alpha value is -3.02. The Bertz CT molecular complexity index is 1340. The van der Waals surface area contributed by atoms with Gasteiger partial charge in [0.25, 0.3) is 5.91 Å². The molecular formula is C25H18ClIN2O5S. The van der Waals surface area contributed by atoms with Gasteiger partial charge in [-0.3, -0.25) is 4.79 Å². The van der Waals surface area contributed by atoms with E-state index in [0.29, 0.717) is 32.3 Å². The Morgan fingerprint density at radius 2 is 1.89 bits per heavy atom. The van der Waals surface area contributed by atoms with E-state index in [9.17, 15) is 9.59 Å². The summed E-state index contributed by atoms with van der Waals surface area (Å²) in [6.07, 6.45) is 1.77. The predicted octanol–water partition coefficient (Wildman–Crippen LogP) is 6.12. The molecule has 0 bridgehead atoms. The third kappa shape index (κ3) is 6.36. The maximum atomic E-state index is 12.5. The van der Waals surface area contributed by atoms with Gasteiger partial charge in [-0.05, 0) is 100 Å². The number of thioether (sulfide) groups is 1. The van der Waals surface area contributed by atoms with Gasteiger partial charge in [0.2, 0.25) is 0 Å². The lowest BCUT2D eigenvalue weighted by atomic mass is 10.1. The molecule has 10 heteroatoms. The zero-order valence-electron chi connectivity index (χ0n) is 18.2. The Kier molecular flexibility index (Phi) is 7.99. The first kappa shape index (κ1) is 25.1. The minimum atomic E-state index is -0.976. The summed E-state index contributed by atoms with van der Waals surface area (Å²) >= 11 is 9.31. The Morgan fingerprint density at radius 1 is 1.17 bits per heavy atom. The van der Waals surface area contributed by atoms with Crippen LogP contribution in [-0.4, -0.2) is 29.3 Å². The van der Waals surface area contributed by atoms with E-state index in [1.54, 1.807) is 55.7 Å². The van der Waals surface area contributed by atoms with Crippen LogP contribution in [0.3, 0.4) is 0 Å². The van der Waals surface area contributed by atoms with Crippen LogP contribution in [0.5, 0.6) is 11.5 Å². The van der Waals surface area contributed by atoms with Gasteiger partial charge in [-0.15, -0.1) is 0 Å². The fraction of sp³-hybridized carbons (Fsp3) is 0.0800. The molecule has 7 nitrogen and oxygen atoms in total. The molecule has 1 saturated heterocycles. The number of carbonyl (C=O) groups is 2. The number of carboxylic acids is 1. The van der Waals surface area contributed by atoms with E-state index in [0.717, 1.165) is 14.7 Å². The van der Waals surface area contributed by atoms with Gasteiger partial charge in [-0.1, -0.05) is 23.7 Å². The van der Waals surface area contributed by atoms with Gasteiger partial charge in [-0.2, -0.15) is 0 Å². The lowest BCUT2D eigenvalue weighted by molar-refractivity contribution is -0.115. The number of methoxy groups -OCH3 is 1. The van der Waals surface area contributed by atoms with Crippen molar-refractivity contribution in [1.82, 2.24) is 5.32 Å². The number of halogens is 2. The summed E-state index contributed by atoms with van der Waals surface area (Å²) in [5, 5.41) is 12.9. The van der Waals surface area contributed by atoms with Crippen LogP contribution in [0.1, 0.15) is 21.5 Å². The standard InChI is InChI=1S/C25H18ClIN2O5S/c1-33-20-11-15(10-19(27)22(20)34-13-14-2-4-16(5-3-14)24(31)32)12-21-23(30)29-25(35-21)28-18-8-6-17(26)7-9-18/h2-12H,13H2,1H3,(H,31,32)(H,28,29,30)/b21-12-. The van der Waals surface area contributed by atoms with Crippen molar-refractivity contribution >= 4 is 74.8 Å². The average molecular weight is 621 g/mol. The summed E-state index contributed by atoms with van der Waals surface area (Å²) in [4.78, 5) is 28.4. The lowest BCUT2D eigenvalue weighted by Crippen LogP contribution is -2.19. The molecule has 0 aliphatic carbocycles. The second-order valence-electron chi connectivity index (χ2n) is 7.28. The van der Waals surface area contributed by atoms with Gasteiger partial charge in [0.1, 0.15) is 6.61 Å². The first-order chi connectivity index (χ1) is 16.8. The summed E-state index contributed by atoms with van der Waals surface area (Å²) in [7, 11) is 1.55. The minimum absolute atomic E-state index is 0.216. The van der Waals surface area contributed by atoms with Gasteiger partial charge in [0, 0.05) is 5.02 Å². The molecule has 1 aliphatic rings. The molecule has 3 aromatic rings. The summed E-state index contributed by atoms with van der Waals surface area (Å²) in [5.41, 5.74) is 2.50. The molecule has 0 spiro atoms. The van der Waals surface area contributed by atoms with E-state index in [1.807, 2.05) is 6.07 Å². The van der Waals surface area contributed by atoms with Gasteiger partial charge >= 0.3 is 5.97 Å². The van der Waals surface area contributed by atoms with E-state index in [2.05, 4.69) is 32.9 Å². The Morgan fingerprint density at radius 3 is 2.54 bits per heavy atom. The van der Waals surface area contributed by atoms with Crippen LogP contribution in [0.2, 0.25) is 5.02 Å². The fourth-order valence-electron chi connectivity index (χ4n) is 3.13. The summed E-state index contributed by atoms with van der Waals surface area (Å²) in [6.45, 7) is 0.246. The van der Waals surface area contributed by atoms with Crippen molar-refractivity contribution in [2.24, 2.45) is 4.99 Å². The van der Waals surface area contributed by atoms with E-state index in [4.69, 9.17) is 26.2 Å². The normalized spacial score (nSPS) is 15.3. The highest BCUT2D eigenvalue weighted by Crippen LogP contribution is 2.36. The molecule has 0 radical (unpaired) electrons. The summed E-state index contributed by atoms with van der Waals surface area (Å²) in [5.74, 6) is -0.131. The van der Waals surface area contributed by atoms with Crippen LogP contribution in [-0.2, 0) is 11.4 Å². The SMILES string of the molecule is COc1cc(/C=C2\SC(=Nc3ccc(Cl)cc3)NC2=O)cc(I)c1OCc1ccc(C(=O)O)cc1. The molecule has 0 atom stereocenters. The molecule has 1 amide bonds. The maximum absolute atomic E-state index is 12.5. The van der Waals surface area contributed by atoms with Crippen molar-refractivity contribution in [2.45, 2.75) is 6.61 Å². The largest absolute Gasteiger partial charge is 0.493 e. The molecular weight excluding hydrogens is 603 g/mol. The molecule has 0 saturated carbocycles. The number of aromatic carboxylic acids is 1. The average Bonchev–Trinajstić information content (AvgIpc) is 3.18. The molecule has 35 heavy (non-hydrogen) atoms. The third-order valence-electron chi connectivity index (χ3n) is 4.84. The number of nitrogens with zero attached hydrogens (tertiary/aromatic N) is 1. The molecule has 1 fully saturated rings. The third-order valence-corrected chi connectivity index (χ3v) is 6.80. The number of hydrogen-bond acceptors (Lipinski definition) is 6. The van der Waals surface area contributed by atoms with Crippen LogP contribution in [0.25, 0.3) is 6.08 Å². The predicted molar refractivity (Wildman–Crippen MR) is 146 cm³/mol. The first-order valence-corrected chi connectivity index (χ1v) is 12.5. The highest BCUT2D eigenvalue weighted by molar-refractivity contribution is 14.1. The number of rotatable bonds is 7. The molecule has 1 aliphatic heterocycles. The van der Waals surface area contributed by atoms with Crippen LogP contribution < -0.4 is 14.8 Å². The van der Waals surface area contributed by atoms with Crippen molar-refractivity contribution < 1.29 is 24.2 Å². The van der Waals surface area contributed by atoms with Crippen LogP contribution in [0.15, 0.2) is 70.6 Å². The maximum Gasteiger partial charge on any atom is 0.335 e. The number of carbonyl (C=O) groups excluding carboxylic acids is 1. The van der Waals surface area contributed by atoms with Crippen molar-refractivity contribution in [3.05, 3.63) is 90.9 Å². The number of carboxylic acid groups (broad SMARTS) is 1. The van der Waals surface area contributed by atoms with Gasteiger partial charge < -0.3 is 19.9 Å². The second kappa shape index (κ2) is 11.1. The Balaban J connectivity index is 1.50. The molecule has 0 unspecified atom stereocenters. The van der Waals surface area contributed by atoms with E-state index in [1.165, 1.54) is 23.9 Å². The summed E-state index contributed by atoms with van der Waals surface area (Å²) < 4.78 is 12.3. The van der Waals surface area contributed by atoms with Crippen molar-refractivity contribution in [3.63, 3.8) is 0 Å². The molecule has 4 rings (SSSR count). The van der Waals surface area contributed by atoms with E-state index >= 15 is 0 Å². The molecule has 0 aromatic heterocycles. The van der Waals surface area contributed by atoms with E-state index < -0.39 is 5.97 Å². The topological polar surface area (TPSA) is 97.2 Å². The van der Waals surface area contributed by atoms with Crippen LogP contribution in [0, 0.1) is 3.57 Å². The highest BCUT2D eigenvalue weighted by Gasteiger charge is 2.24. The van der Waals surface area contributed by atoms with Crippen LogP contribution >= 0.6 is 46.0 Å². The van der Waals surface area contributed by atoms with Gasteiger partial charge in [-0.25, -0.2) is 9.79 Å². The van der Waals surface area contributed by atoms with Crippen molar-refractivity contribution in [3.8, 4) is 11.5 Å². The van der Waals surface area contributed by atoms with Crippen molar-refractivity contribution in [1.29, 1.82) is 0 Å². The second-order valence-corrected chi connectivity index (χ2v) is 9.91. The van der Waals surface area contributed by atoms with Gasteiger partial charge in [0.15, 0.2) is 16.7 Å². The van der Waals surface area contributed by atoms with Gasteiger partial charge in [0.05, 0.1) is 26.8 Å². The molecule has 178 valence electrons. The molecule has 1 heterocycles. The van der Waals surface area contributed by atoms with Crippen LogP contribution in [0.4, 0.5) is 5.69 Å². The Labute approximate surface area is 224 Å². The first-order valence-electron chi connectivity index (χ1n) is 10.2. The number of hydrogen-bond donors (Lipinski definition) is 2. The smallest absolute Gasteiger partial charge is 0.335 e. The zero-order valence-corrected chi connectivity index (χ0v) is 22.0. The number of nitrogens with one attached hydrogen (secondary N) is 1. The number of aliphatic imine (C=N–C) groups is 1. The summed E-state index contributed by atoms with van der Waals surface area (Å²) in [6, 6.07) is 17.2. The monoisotopic (exact) mass is 620 g/mol. The van der Waals surface area contributed by atoms with Crippen molar-refractivity contribution in [2.75, 3.05) is 7.11 Å². The van der Waals surface area contributed by atoms with E-state index in [-0.39, 0.29) is 18.1 Å². The highest BCUT2D eigenvalue weighted by atomic mass is 127. The minimum Gasteiger partial charge on any atom is -0.493 e. The molecule has 3 aromatic carbocycles. The molecule has 2 N–H and O–H groups in total. The lowest BCUT2D eigenvalue weighted by Gasteiger charge is -2.14. The fourth-order valence-corrected chi connectivity index (χ4v) is 4.88. The zero-order chi connectivity index (χ0) is 24.9. The number of benzene rings is 3. The number of ether oxygens (including phenoxy) is 2. The quantitative estimate of drug-likeness (QED) is 0.244. The number of amidine groups is 1. The number of amides is 1.